The van der Waals surface area contributed by atoms with Crippen LogP contribution in [-0.2, 0) is 14.6 Å². The highest BCUT2D eigenvalue weighted by atomic mass is 127. The van der Waals surface area contributed by atoms with E-state index in [1.165, 1.54) is 0 Å². The maximum Gasteiger partial charge on any atom is 0.241 e. The number of anilines is 1. The van der Waals surface area contributed by atoms with Crippen LogP contribution in [0.15, 0.2) is 24.3 Å². The molecule has 0 spiro atoms. The van der Waals surface area contributed by atoms with Crippen molar-refractivity contribution in [2.75, 3.05) is 30.4 Å². The van der Waals surface area contributed by atoms with Crippen LogP contribution in [0.5, 0.6) is 0 Å². The molecule has 0 saturated carbocycles. The minimum absolute atomic E-state index is 0.0818. The molecule has 7 heteroatoms. The summed E-state index contributed by atoms with van der Waals surface area (Å²) in [5, 5.41) is 3.06. The number of amides is 1. The number of carbonyl (C=O) groups excluding carboxylic acids is 1. The Morgan fingerprint density at radius 2 is 2.25 bits per heavy atom. The van der Waals surface area contributed by atoms with E-state index in [0.717, 1.165) is 9.26 Å². The van der Waals surface area contributed by atoms with Crippen LogP contribution in [0.4, 0.5) is 5.69 Å². The maximum absolute atomic E-state index is 12.1. The van der Waals surface area contributed by atoms with Crippen LogP contribution < -0.4 is 5.32 Å². The zero-order valence-corrected chi connectivity index (χ0v) is 14.1. The molecule has 0 radical (unpaired) electrons. The van der Waals surface area contributed by atoms with Gasteiger partial charge in [0.2, 0.25) is 5.91 Å². The number of hydrogen-bond acceptors (Lipinski definition) is 4. The van der Waals surface area contributed by atoms with Crippen molar-refractivity contribution in [3.8, 4) is 0 Å². The van der Waals surface area contributed by atoms with Crippen LogP contribution in [0.25, 0.3) is 0 Å². The Morgan fingerprint density at radius 1 is 1.50 bits per heavy atom. The van der Waals surface area contributed by atoms with Crippen molar-refractivity contribution >= 4 is 44.0 Å². The first-order chi connectivity index (χ1) is 9.37. The fourth-order valence-corrected chi connectivity index (χ4v) is 4.50. The molecular formula is C13H17IN2O3S. The lowest BCUT2D eigenvalue weighted by atomic mass is 10.2. The second-order valence-electron chi connectivity index (χ2n) is 4.93. The van der Waals surface area contributed by atoms with Crippen molar-refractivity contribution in [2.24, 2.45) is 0 Å². The lowest BCUT2D eigenvalue weighted by Crippen LogP contribution is -2.40. The predicted molar refractivity (Wildman–Crippen MR) is 87.5 cm³/mol. The monoisotopic (exact) mass is 408 g/mol. The molecular weight excluding hydrogens is 391 g/mol. The van der Waals surface area contributed by atoms with E-state index in [0.29, 0.717) is 6.42 Å². The summed E-state index contributed by atoms with van der Waals surface area (Å²) in [6, 6.07) is 7.55. The number of carbonyl (C=O) groups is 1. The normalized spacial score (nSPS) is 20.6. The molecule has 0 aliphatic carbocycles. The van der Waals surface area contributed by atoms with Crippen LogP contribution in [0.1, 0.15) is 6.42 Å². The van der Waals surface area contributed by atoms with E-state index in [1.807, 2.05) is 24.3 Å². The molecule has 1 amide bonds. The second-order valence-corrected chi connectivity index (χ2v) is 8.40. The molecule has 1 aliphatic rings. The number of nitrogens with one attached hydrogen (secondary N) is 1. The number of rotatable bonds is 4. The molecule has 0 aromatic heterocycles. The molecule has 1 N–H and O–H groups in total. The summed E-state index contributed by atoms with van der Waals surface area (Å²) in [4.78, 5) is 13.6. The van der Waals surface area contributed by atoms with Gasteiger partial charge >= 0.3 is 0 Å². The van der Waals surface area contributed by atoms with E-state index in [1.54, 1.807) is 11.9 Å². The van der Waals surface area contributed by atoms with Gasteiger partial charge in [-0.3, -0.25) is 4.79 Å². The van der Waals surface area contributed by atoms with Crippen molar-refractivity contribution in [2.45, 2.75) is 12.5 Å². The van der Waals surface area contributed by atoms with Crippen molar-refractivity contribution < 1.29 is 13.2 Å². The lowest BCUT2D eigenvalue weighted by molar-refractivity contribution is -0.129. The highest BCUT2D eigenvalue weighted by Crippen LogP contribution is 2.17. The largest absolute Gasteiger partial charge is 0.376 e. The summed E-state index contributed by atoms with van der Waals surface area (Å²) in [6.07, 6.45) is 0.536. The first-order valence-electron chi connectivity index (χ1n) is 6.33. The van der Waals surface area contributed by atoms with Gasteiger partial charge in [-0.15, -0.1) is 0 Å². The number of likely N-dealkylation sites (N-methyl/N-ethyl adjacent to an activating group) is 1. The van der Waals surface area contributed by atoms with Crippen LogP contribution in [0.3, 0.4) is 0 Å². The van der Waals surface area contributed by atoms with Gasteiger partial charge in [-0.2, -0.15) is 0 Å². The summed E-state index contributed by atoms with van der Waals surface area (Å²) in [5.41, 5.74) is 0.887. The van der Waals surface area contributed by atoms with Crippen molar-refractivity contribution in [1.29, 1.82) is 0 Å². The van der Waals surface area contributed by atoms with Crippen molar-refractivity contribution in [1.82, 2.24) is 4.90 Å². The van der Waals surface area contributed by atoms with Crippen molar-refractivity contribution in [3.63, 3.8) is 0 Å². The molecule has 5 nitrogen and oxygen atoms in total. The average Bonchev–Trinajstić information content (AvgIpc) is 2.75. The van der Waals surface area contributed by atoms with Gasteiger partial charge in [-0.1, -0.05) is 6.07 Å². The molecule has 1 saturated heterocycles. The fourth-order valence-electron chi connectivity index (χ4n) is 2.19. The van der Waals surface area contributed by atoms with E-state index in [9.17, 15) is 13.2 Å². The standard InChI is InChI=1S/C13H17IN2O3S/c1-16(12-5-6-20(18,19)9-12)13(17)8-15-11-4-2-3-10(14)7-11/h2-4,7,12,15H,5-6,8-9H2,1H3/t12-/m1/s1. The minimum Gasteiger partial charge on any atom is -0.376 e. The van der Waals surface area contributed by atoms with Gasteiger partial charge < -0.3 is 10.2 Å². The van der Waals surface area contributed by atoms with E-state index in [2.05, 4.69) is 27.9 Å². The number of hydrogen-bond donors (Lipinski definition) is 1. The Labute approximate surface area is 132 Å². The zero-order valence-electron chi connectivity index (χ0n) is 11.2. The van der Waals surface area contributed by atoms with Crippen LogP contribution >= 0.6 is 22.6 Å². The number of nitrogens with zero attached hydrogens (tertiary/aromatic N) is 1. The predicted octanol–water partition coefficient (Wildman–Crippen LogP) is 1.35. The van der Waals surface area contributed by atoms with Gasteiger partial charge in [0, 0.05) is 22.3 Å². The minimum atomic E-state index is -2.96. The lowest BCUT2D eigenvalue weighted by Gasteiger charge is -2.23. The van der Waals surface area contributed by atoms with E-state index in [4.69, 9.17) is 0 Å². The van der Waals surface area contributed by atoms with Crippen LogP contribution in [0.2, 0.25) is 0 Å². The smallest absolute Gasteiger partial charge is 0.241 e. The van der Waals surface area contributed by atoms with Crippen molar-refractivity contribution in [3.05, 3.63) is 27.8 Å². The Balaban J connectivity index is 1.89. The summed E-state index contributed by atoms with van der Waals surface area (Å²) < 4.78 is 24.0. The van der Waals surface area contributed by atoms with Crippen LogP contribution in [0, 0.1) is 3.57 Å². The third kappa shape index (κ3) is 4.08. The van der Waals surface area contributed by atoms with Gasteiger partial charge in [-0.05, 0) is 47.2 Å². The quantitative estimate of drug-likeness (QED) is 0.764. The maximum atomic E-state index is 12.1. The zero-order chi connectivity index (χ0) is 14.8. The second kappa shape index (κ2) is 6.30. The summed E-state index contributed by atoms with van der Waals surface area (Å²) in [6.45, 7) is 0.174. The molecule has 1 aromatic rings. The third-order valence-corrected chi connectivity index (χ3v) is 5.84. The SMILES string of the molecule is CN(C(=O)CNc1cccc(I)c1)[C@@H]1CCS(=O)(=O)C1. The number of halogens is 1. The van der Waals surface area contributed by atoms with Gasteiger partial charge in [0.25, 0.3) is 0 Å². The first-order valence-corrected chi connectivity index (χ1v) is 9.23. The molecule has 1 atom stereocenters. The third-order valence-electron chi connectivity index (χ3n) is 3.42. The molecule has 2 rings (SSSR count). The van der Waals surface area contributed by atoms with E-state index in [-0.39, 0.29) is 30.0 Å². The van der Waals surface area contributed by atoms with Gasteiger partial charge in [0.15, 0.2) is 9.84 Å². The molecule has 110 valence electrons. The summed E-state index contributed by atoms with van der Waals surface area (Å²) >= 11 is 2.21. The molecule has 1 fully saturated rings. The highest BCUT2D eigenvalue weighted by molar-refractivity contribution is 14.1. The molecule has 20 heavy (non-hydrogen) atoms. The van der Waals surface area contributed by atoms with Gasteiger partial charge in [-0.25, -0.2) is 8.42 Å². The molecule has 1 aliphatic heterocycles. The van der Waals surface area contributed by atoms with E-state index >= 15 is 0 Å². The topological polar surface area (TPSA) is 66.5 Å². The Morgan fingerprint density at radius 3 is 2.85 bits per heavy atom. The van der Waals surface area contributed by atoms with Gasteiger partial charge in [0.05, 0.1) is 18.1 Å². The summed E-state index contributed by atoms with van der Waals surface area (Å²) in [7, 11) is -1.29. The Bertz CT molecular complexity index is 603. The highest BCUT2D eigenvalue weighted by Gasteiger charge is 2.32. The Hall–Kier alpha value is -0.830. The molecule has 0 unspecified atom stereocenters. The molecule has 1 heterocycles. The van der Waals surface area contributed by atoms with Crippen LogP contribution in [-0.4, -0.2) is 50.4 Å². The fraction of sp³-hybridized carbons (Fsp3) is 0.462. The Kier molecular flexibility index (Phi) is 4.90. The van der Waals surface area contributed by atoms with E-state index < -0.39 is 9.84 Å². The average molecular weight is 408 g/mol. The molecule has 0 bridgehead atoms. The molecule has 1 aromatic carbocycles. The number of sulfone groups is 1. The first kappa shape index (κ1) is 15.6. The van der Waals surface area contributed by atoms with Gasteiger partial charge in [0.1, 0.15) is 0 Å². The summed E-state index contributed by atoms with van der Waals surface area (Å²) in [5.74, 6) is 0.170. The number of benzene rings is 1.